The van der Waals surface area contributed by atoms with E-state index < -0.39 is 29.1 Å². The van der Waals surface area contributed by atoms with Crippen LogP contribution < -0.4 is 5.32 Å². The highest BCUT2D eigenvalue weighted by atomic mass is 19.4. The third-order valence-corrected chi connectivity index (χ3v) is 6.14. The second-order valence-corrected chi connectivity index (χ2v) is 8.49. The van der Waals surface area contributed by atoms with Crippen LogP contribution in [0.1, 0.15) is 26.3 Å². The van der Waals surface area contributed by atoms with Crippen LogP contribution in [-0.4, -0.2) is 65.4 Å². The predicted molar refractivity (Wildman–Crippen MR) is 130 cm³/mol. The van der Waals surface area contributed by atoms with Crippen molar-refractivity contribution in [1.82, 2.24) is 15.1 Å². The van der Waals surface area contributed by atoms with E-state index in [-0.39, 0.29) is 44.4 Å². The quantitative estimate of drug-likeness (QED) is 0.546. The SMILES string of the molecule is O=C(NCC(=O)N1CCN(C(=O)c2ccccc2C(F)(F)F)CC1)c1ccc(-c2ccccc2O)cc1. The van der Waals surface area contributed by atoms with Gasteiger partial charge < -0.3 is 20.2 Å². The van der Waals surface area contributed by atoms with E-state index in [9.17, 15) is 32.7 Å². The number of piperazine rings is 1. The first kappa shape index (κ1) is 25.7. The molecule has 3 amide bonds. The highest BCUT2D eigenvalue weighted by molar-refractivity contribution is 5.97. The monoisotopic (exact) mass is 511 g/mol. The molecule has 0 spiro atoms. The Morgan fingerprint density at radius 2 is 1.41 bits per heavy atom. The first-order valence-electron chi connectivity index (χ1n) is 11.5. The summed E-state index contributed by atoms with van der Waals surface area (Å²) in [7, 11) is 0. The van der Waals surface area contributed by atoms with Crippen molar-refractivity contribution >= 4 is 17.7 Å². The maximum atomic E-state index is 13.3. The van der Waals surface area contributed by atoms with E-state index in [1.165, 1.54) is 21.9 Å². The highest BCUT2D eigenvalue weighted by Crippen LogP contribution is 2.32. The summed E-state index contributed by atoms with van der Waals surface area (Å²) in [5.41, 5.74) is 0.288. The summed E-state index contributed by atoms with van der Waals surface area (Å²) in [5.74, 6) is -1.42. The summed E-state index contributed by atoms with van der Waals surface area (Å²) in [6, 6.07) is 18.0. The number of benzene rings is 3. The highest BCUT2D eigenvalue weighted by Gasteiger charge is 2.36. The Kier molecular flexibility index (Phi) is 7.47. The van der Waals surface area contributed by atoms with Crippen LogP contribution in [0.25, 0.3) is 11.1 Å². The molecule has 1 aliphatic rings. The molecule has 1 aliphatic heterocycles. The number of nitrogens with zero attached hydrogens (tertiary/aromatic N) is 2. The molecule has 3 aromatic rings. The number of phenols is 1. The normalized spacial score (nSPS) is 13.8. The largest absolute Gasteiger partial charge is 0.507 e. The Morgan fingerprint density at radius 1 is 0.811 bits per heavy atom. The second kappa shape index (κ2) is 10.7. The Balaban J connectivity index is 1.29. The molecule has 4 rings (SSSR count). The Bertz CT molecular complexity index is 1300. The molecule has 0 bridgehead atoms. The van der Waals surface area contributed by atoms with E-state index in [0.717, 1.165) is 17.7 Å². The number of carbonyl (C=O) groups excluding carboxylic acids is 3. The van der Waals surface area contributed by atoms with E-state index in [4.69, 9.17) is 0 Å². The maximum Gasteiger partial charge on any atom is 0.417 e. The summed E-state index contributed by atoms with van der Waals surface area (Å²) in [6.07, 6.45) is -4.65. The smallest absolute Gasteiger partial charge is 0.417 e. The number of hydrogen-bond acceptors (Lipinski definition) is 4. The van der Waals surface area contributed by atoms with Gasteiger partial charge in [-0.2, -0.15) is 13.2 Å². The molecule has 192 valence electrons. The maximum absolute atomic E-state index is 13.3. The van der Waals surface area contributed by atoms with Crippen molar-refractivity contribution < 1.29 is 32.7 Å². The Labute approximate surface area is 211 Å². The molecule has 1 fully saturated rings. The topological polar surface area (TPSA) is 90.0 Å². The van der Waals surface area contributed by atoms with E-state index in [2.05, 4.69) is 5.32 Å². The van der Waals surface area contributed by atoms with Crippen LogP contribution >= 0.6 is 0 Å². The van der Waals surface area contributed by atoms with E-state index in [1.807, 2.05) is 0 Å². The summed E-state index contributed by atoms with van der Waals surface area (Å²) in [4.78, 5) is 40.5. The molecule has 7 nitrogen and oxygen atoms in total. The van der Waals surface area contributed by atoms with Gasteiger partial charge in [-0.25, -0.2) is 0 Å². The second-order valence-electron chi connectivity index (χ2n) is 8.49. The molecule has 0 aliphatic carbocycles. The number of phenolic OH excluding ortho intramolecular Hbond substituents is 1. The molecule has 0 unspecified atom stereocenters. The zero-order valence-electron chi connectivity index (χ0n) is 19.7. The molecule has 37 heavy (non-hydrogen) atoms. The van der Waals surface area contributed by atoms with Gasteiger partial charge in [0.1, 0.15) is 5.75 Å². The molecule has 0 saturated carbocycles. The fraction of sp³-hybridized carbons (Fsp3) is 0.222. The molecule has 10 heteroatoms. The first-order chi connectivity index (χ1) is 17.6. The van der Waals surface area contributed by atoms with Gasteiger partial charge in [-0.3, -0.25) is 14.4 Å². The number of nitrogens with one attached hydrogen (secondary N) is 1. The fourth-order valence-corrected chi connectivity index (χ4v) is 4.13. The van der Waals surface area contributed by atoms with Crippen LogP contribution in [-0.2, 0) is 11.0 Å². The molecule has 0 aromatic heterocycles. The Morgan fingerprint density at radius 3 is 2.05 bits per heavy atom. The lowest BCUT2D eigenvalue weighted by atomic mass is 10.0. The van der Waals surface area contributed by atoms with Crippen molar-refractivity contribution in [2.75, 3.05) is 32.7 Å². The number of hydrogen-bond donors (Lipinski definition) is 2. The van der Waals surface area contributed by atoms with Crippen LogP contribution in [0.2, 0.25) is 0 Å². The number of para-hydroxylation sites is 1. The van der Waals surface area contributed by atoms with Gasteiger partial charge in [0.05, 0.1) is 17.7 Å². The summed E-state index contributed by atoms with van der Waals surface area (Å²) < 4.78 is 39.8. The third kappa shape index (κ3) is 5.91. The fourth-order valence-electron chi connectivity index (χ4n) is 4.13. The summed E-state index contributed by atoms with van der Waals surface area (Å²) >= 11 is 0. The van der Waals surface area contributed by atoms with Crippen molar-refractivity contribution in [2.45, 2.75) is 6.18 Å². The van der Waals surface area contributed by atoms with Gasteiger partial charge in [-0.1, -0.05) is 42.5 Å². The van der Waals surface area contributed by atoms with E-state index >= 15 is 0 Å². The molecule has 1 saturated heterocycles. The van der Waals surface area contributed by atoms with E-state index in [1.54, 1.807) is 48.5 Å². The minimum Gasteiger partial charge on any atom is -0.507 e. The number of amides is 3. The minimum absolute atomic E-state index is 0.0818. The summed E-state index contributed by atoms with van der Waals surface area (Å²) in [5, 5.41) is 12.5. The van der Waals surface area contributed by atoms with Crippen LogP contribution in [0.15, 0.2) is 72.8 Å². The van der Waals surface area contributed by atoms with Crippen molar-refractivity contribution in [3.05, 3.63) is 89.5 Å². The standard InChI is InChI=1S/C27H24F3N3O4/c28-27(29,30)22-7-3-1-6-21(22)26(37)33-15-13-32(14-16-33)24(35)17-31-25(36)19-11-9-18(10-12-19)20-5-2-4-8-23(20)34/h1-12,34H,13-17H2,(H,31,36). The van der Waals surface area contributed by atoms with Gasteiger partial charge in [-0.15, -0.1) is 0 Å². The average molecular weight is 512 g/mol. The number of alkyl halides is 3. The zero-order valence-corrected chi connectivity index (χ0v) is 19.7. The van der Waals surface area contributed by atoms with Gasteiger partial charge in [0.15, 0.2) is 0 Å². The zero-order chi connectivity index (χ0) is 26.6. The molecule has 0 atom stereocenters. The van der Waals surface area contributed by atoms with Gasteiger partial charge in [0.2, 0.25) is 5.91 Å². The molecular formula is C27H24F3N3O4. The van der Waals surface area contributed by atoms with Crippen molar-refractivity contribution in [2.24, 2.45) is 0 Å². The number of aromatic hydroxyl groups is 1. The van der Waals surface area contributed by atoms with Crippen molar-refractivity contribution in [3.63, 3.8) is 0 Å². The number of halogens is 3. The number of rotatable bonds is 5. The molecule has 3 aromatic carbocycles. The van der Waals surface area contributed by atoms with E-state index in [0.29, 0.717) is 11.1 Å². The van der Waals surface area contributed by atoms with Crippen LogP contribution in [0.4, 0.5) is 13.2 Å². The van der Waals surface area contributed by atoms with Gasteiger partial charge in [0, 0.05) is 37.3 Å². The third-order valence-electron chi connectivity index (χ3n) is 6.14. The van der Waals surface area contributed by atoms with Gasteiger partial charge in [0.25, 0.3) is 11.8 Å². The number of carbonyl (C=O) groups is 3. The summed E-state index contributed by atoms with van der Waals surface area (Å²) in [6.45, 7) is 0.190. The van der Waals surface area contributed by atoms with Gasteiger partial charge in [-0.05, 0) is 35.9 Å². The van der Waals surface area contributed by atoms with Crippen molar-refractivity contribution in [1.29, 1.82) is 0 Å². The molecular weight excluding hydrogens is 487 g/mol. The van der Waals surface area contributed by atoms with Gasteiger partial charge >= 0.3 is 6.18 Å². The minimum atomic E-state index is -4.65. The lowest BCUT2D eigenvalue weighted by Gasteiger charge is -2.35. The molecule has 2 N–H and O–H groups in total. The van der Waals surface area contributed by atoms with Crippen LogP contribution in [0, 0.1) is 0 Å². The Hall–Kier alpha value is -4.34. The van der Waals surface area contributed by atoms with Crippen LogP contribution in [0.5, 0.6) is 5.75 Å². The molecule has 0 radical (unpaired) electrons. The predicted octanol–water partition coefficient (Wildman–Crippen LogP) is 3.79. The van der Waals surface area contributed by atoms with Crippen molar-refractivity contribution in [3.8, 4) is 16.9 Å². The lowest BCUT2D eigenvalue weighted by molar-refractivity contribution is -0.138. The van der Waals surface area contributed by atoms with Crippen LogP contribution in [0.3, 0.4) is 0 Å². The molecule has 1 heterocycles. The first-order valence-corrected chi connectivity index (χ1v) is 11.5. The lowest BCUT2D eigenvalue weighted by Crippen LogP contribution is -2.52. The average Bonchev–Trinajstić information content (AvgIpc) is 2.91.